The maximum atomic E-state index is 13.6. The Morgan fingerprint density at radius 2 is 2.00 bits per heavy atom. The first-order valence-electron chi connectivity index (χ1n) is 7.52. The van der Waals surface area contributed by atoms with Gasteiger partial charge in [-0.15, -0.1) is 24.8 Å². The monoisotopic (exact) mass is 367 g/mol. The van der Waals surface area contributed by atoms with Crippen molar-refractivity contribution in [3.8, 4) is 0 Å². The fourth-order valence-electron chi connectivity index (χ4n) is 2.88. The highest BCUT2D eigenvalue weighted by Gasteiger charge is 2.28. The number of nitrogens with zero attached hydrogens (tertiary/aromatic N) is 2. The normalized spacial score (nSPS) is 16.1. The summed E-state index contributed by atoms with van der Waals surface area (Å²) < 4.78 is 13.6. The quantitative estimate of drug-likeness (QED) is 0.614. The molecule has 1 saturated heterocycles. The van der Waals surface area contributed by atoms with Gasteiger partial charge in [0.15, 0.2) is 0 Å². The largest absolute Gasteiger partial charge is 0.314 e. The van der Waals surface area contributed by atoms with E-state index in [9.17, 15) is 14.5 Å². The lowest BCUT2D eigenvalue weighted by Crippen LogP contribution is -2.45. The highest BCUT2D eigenvalue weighted by molar-refractivity contribution is 5.85. The summed E-state index contributed by atoms with van der Waals surface area (Å²) in [6, 6.07) is 3.70. The minimum atomic E-state index is -0.410. The van der Waals surface area contributed by atoms with Crippen molar-refractivity contribution < 1.29 is 9.31 Å². The molecule has 0 amide bonds. The Morgan fingerprint density at radius 3 is 2.57 bits per heavy atom. The van der Waals surface area contributed by atoms with E-state index in [1.807, 2.05) is 0 Å². The van der Waals surface area contributed by atoms with Gasteiger partial charge in [-0.25, -0.2) is 4.39 Å². The molecule has 2 rings (SSSR count). The van der Waals surface area contributed by atoms with E-state index in [1.165, 1.54) is 12.1 Å². The average Bonchev–Trinajstić information content (AvgIpc) is 2.48. The Morgan fingerprint density at radius 1 is 1.35 bits per heavy atom. The van der Waals surface area contributed by atoms with Crippen molar-refractivity contribution in [1.82, 2.24) is 10.2 Å². The molecule has 0 saturated carbocycles. The van der Waals surface area contributed by atoms with Crippen molar-refractivity contribution >= 4 is 30.5 Å². The van der Waals surface area contributed by atoms with Crippen LogP contribution >= 0.6 is 24.8 Å². The number of nitrogens with one attached hydrogen (secondary N) is 1. The Bertz CT molecular complexity index is 500. The van der Waals surface area contributed by atoms with Crippen LogP contribution in [0.1, 0.15) is 37.8 Å². The van der Waals surface area contributed by atoms with Crippen LogP contribution in [0.2, 0.25) is 0 Å². The molecule has 132 valence electrons. The molecule has 1 N–H and O–H groups in total. The Hall–Kier alpha value is -0.950. The fourth-order valence-corrected chi connectivity index (χ4v) is 2.88. The second-order valence-electron chi connectivity index (χ2n) is 5.40. The van der Waals surface area contributed by atoms with Crippen LogP contribution in [0.4, 0.5) is 10.1 Å². The first kappa shape index (κ1) is 22.1. The summed E-state index contributed by atoms with van der Waals surface area (Å²) in [4.78, 5) is 13.1. The number of unbranched alkanes of at least 4 members (excludes halogenated alkanes) is 1. The van der Waals surface area contributed by atoms with Crippen molar-refractivity contribution in [2.75, 3.05) is 26.2 Å². The van der Waals surface area contributed by atoms with Gasteiger partial charge in [0.05, 0.1) is 4.92 Å². The van der Waals surface area contributed by atoms with Crippen molar-refractivity contribution in [3.05, 3.63) is 39.7 Å². The van der Waals surface area contributed by atoms with Gasteiger partial charge in [0.2, 0.25) is 0 Å². The second-order valence-corrected chi connectivity index (χ2v) is 5.40. The number of hydrogen-bond acceptors (Lipinski definition) is 4. The number of halogens is 3. The zero-order valence-corrected chi connectivity index (χ0v) is 14.8. The molecule has 8 heteroatoms. The molecule has 1 atom stereocenters. The lowest BCUT2D eigenvalue weighted by molar-refractivity contribution is -0.386. The summed E-state index contributed by atoms with van der Waals surface area (Å²) in [6.07, 6.45) is 2.81. The zero-order chi connectivity index (χ0) is 15.2. The van der Waals surface area contributed by atoms with Crippen LogP contribution in [0.15, 0.2) is 18.2 Å². The maximum absolute atomic E-state index is 13.6. The number of piperazine rings is 1. The third-order valence-corrected chi connectivity index (χ3v) is 3.97. The van der Waals surface area contributed by atoms with Gasteiger partial charge in [-0.1, -0.05) is 19.8 Å². The highest BCUT2D eigenvalue weighted by Crippen LogP contribution is 2.33. The van der Waals surface area contributed by atoms with Crippen LogP contribution in [-0.2, 0) is 0 Å². The van der Waals surface area contributed by atoms with Crippen LogP contribution in [-0.4, -0.2) is 36.0 Å². The number of benzene rings is 1. The van der Waals surface area contributed by atoms with Crippen LogP contribution in [0.5, 0.6) is 0 Å². The first-order chi connectivity index (χ1) is 10.1. The maximum Gasteiger partial charge on any atom is 0.274 e. The summed E-state index contributed by atoms with van der Waals surface area (Å²) in [5.74, 6) is -0.410. The zero-order valence-electron chi connectivity index (χ0n) is 13.2. The summed E-state index contributed by atoms with van der Waals surface area (Å²) in [5, 5.41) is 14.5. The molecule has 1 aliphatic heterocycles. The molecule has 0 unspecified atom stereocenters. The van der Waals surface area contributed by atoms with E-state index in [4.69, 9.17) is 0 Å². The molecule has 23 heavy (non-hydrogen) atoms. The molecule has 5 nitrogen and oxygen atoms in total. The number of rotatable bonds is 6. The molecule has 1 aromatic carbocycles. The van der Waals surface area contributed by atoms with Gasteiger partial charge in [-0.05, 0) is 18.6 Å². The first-order valence-corrected chi connectivity index (χ1v) is 7.52. The van der Waals surface area contributed by atoms with Crippen LogP contribution in [0.25, 0.3) is 0 Å². The van der Waals surface area contributed by atoms with Gasteiger partial charge in [-0.3, -0.25) is 15.0 Å². The summed E-state index contributed by atoms with van der Waals surface area (Å²) in [7, 11) is 0. The SMILES string of the molecule is CCCC[C@H](c1cc(F)ccc1[N+](=O)[O-])N1CCNCC1.Cl.Cl. The smallest absolute Gasteiger partial charge is 0.274 e. The number of hydrogen-bond donors (Lipinski definition) is 1. The third kappa shape index (κ3) is 5.88. The molecule has 0 spiro atoms. The molecule has 1 fully saturated rings. The standard InChI is InChI=1S/C15H22FN3O2.2ClH/c1-2-3-4-14(18-9-7-17-8-10-18)13-11-12(16)5-6-15(13)19(20)21;;/h5-6,11,14,17H,2-4,7-10H2,1H3;2*1H/t14-;;/m1../s1. The van der Waals surface area contributed by atoms with Crippen LogP contribution < -0.4 is 5.32 Å². The third-order valence-electron chi connectivity index (χ3n) is 3.97. The van der Waals surface area contributed by atoms with Gasteiger partial charge in [0, 0.05) is 43.9 Å². The molecule has 0 radical (unpaired) electrons. The van der Waals surface area contributed by atoms with E-state index in [2.05, 4.69) is 17.1 Å². The highest BCUT2D eigenvalue weighted by atomic mass is 35.5. The molecule has 0 aromatic heterocycles. The average molecular weight is 368 g/mol. The Kier molecular flexibility index (Phi) is 10.3. The second kappa shape index (κ2) is 10.8. The van der Waals surface area contributed by atoms with Crippen molar-refractivity contribution in [3.63, 3.8) is 0 Å². The van der Waals surface area contributed by atoms with E-state index in [1.54, 1.807) is 0 Å². The molecule has 1 aromatic rings. The van der Waals surface area contributed by atoms with E-state index < -0.39 is 10.7 Å². The molecule has 1 heterocycles. The fraction of sp³-hybridized carbons (Fsp3) is 0.600. The molecular formula is C15H24Cl2FN3O2. The van der Waals surface area contributed by atoms with Crippen molar-refractivity contribution in [1.29, 1.82) is 0 Å². The molecule has 0 bridgehead atoms. The van der Waals surface area contributed by atoms with Crippen LogP contribution in [0, 0.1) is 15.9 Å². The molecule has 0 aliphatic carbocycles. The van der Waals surface area contributed by atoms with Crippen LogP contribution in [0.3, 0.4) is 0 Å². The lowest BCUT2D eigenvalue weighted by Gasteiger charge is -2.35. The Labute approximate surface area is 148 Å². The van der Waals surface area contributed by atoms with Gasteiger partial charge in [0.25, 0.3) is 5.69 Å². The van der Waals surface area contributed by atoms with Gasteiger partial charge in [0.1, 0.15) is 5.82 Å². The summed E-state index contributed by atoms with van der Waals surface area (Å²) in [6.45, 7) is 5.50. The van der Waals surface area contributed by atoms with E-state index >= 15 is 0 Å². The minimum absolute atomic E-state index is 0. The summed E-state index contributed by atoms with van der Waals surface area (Å²) in [5.41, 5.74) is 0.534. The van der Waals surface area contributed by atoms with E-state index in [0.29, 0.717) is 5.56 Å². The van der Waals surface area contributed by atoms with Gasteiger partial charge in [-0.2, -0.15) is 0 Å². The van der Waals surface area contributed by atoms with Gasteiger partial charge >= 0.3 is 0 Å². The van der Waals surface area contributed by atoms with E-state index in [-0.39, 0.29) is 36.5 Å². The number of nitro groups is 1. The van der Waals surface area contributed by atoms with Crippen molar-refractivity contribution in [2.24, 2.45) is 0 Å². The topological polar surface area (TPSA) is 58.4 Å². The molecular weight excluding hydrogens is 344 g/mol. The predicted octanol–water partition coefficient (Wildman–Crippen LogP) is 3.71. The number of nitro benzene ring substituents is 1. The van der Waals surface area contributed by atoms with E-state index in [0.717, 1.165) is 51.5 Å². The molecule has 1 aliphatic rings. The van der Waals surface area contributed by atoms with Gasteiger partial charge < -0.3 is 5.32 Å². The summed E-state index contributed by atoms with van der Waals surface area (Å²) >= 11 is 0. The lowest BCUT2D eigenvalue weighted by atomic mass is 9.97. The predicted molar refractivity (Wildman–Crippen MR) is 94.3 cm³/mol. The van der Waals surface area contributed by atoms with Crippen molar-refractivity contribution in [2.45, 2.75) is 32.2 Å². The minimum Gasteiger partial charge on any atom is -0.314 e. The Balaban J connectivity index is 0.00000242.